The molecule has 0 amide bonds. The number of hydrogen-bond acceptors (Lipinski definition) is 4. The first-order valence-corrected chi connectivity index (χ1v) is 10.4. The van der Waals surface area contributed by atoms with E-state index in [2.05, 4.69) is 47.9 Å². The maximum atomic E-state index is 10.4. The van der Waals surface area contributed by atoms with Gasteiger partial charge in [-0.2, -0.15) is 0 Å². The number of morpholine rings is 1. The van der Waals surface area contributed by atoms with Crippen molar-refractivity contribution in [3.63, 3.8) is 0 Å². The minimum atomic E-state index is -0.117. The van der Waals surface area contributed by atoms with E-state index in [1.807, 2.05) is 0 Å². The molecule has 0 bridgehead atoms. The lowest BCUT2D eigenvalue weighted by atomic mass is 9.87. The van der Waals surface area contributed by atoms with E-state index in [-0.39, 0.29) is 6.10 Å². The first kappa shape index (κ1) is 19.8. The molecule has 1 N–H and O–H groups in total. The van der Waals surface area contributed by atoms with Crippen LogP contribution in [0.15, 0.2) is 24.3 Å². The molecule has 4 heteroatoms. The minimum Gasteiger partial charge on any atom is -0.393 e. The van der Waals surface area contributed by atoms with Crippen molar-refractivity contribution >= 4 is 0 Å². The van der Waals surface area contributed by atoms with Crippen LogP contribution >= 0.6 is 0 Å². The SMILES string of the molecule is CC(C)C[C@H](O)C1CCN(Cc2cccc(CN3CCOCC3)c2)CC1. The van der Waals surface area contributed by atoms with Crippen LogP contribution < -0.4 is 0 Å². The summed E-state index contributed by atoms with van der Waals surface area (Å²) in [4.78, 5) is 5.02. The molecule has 146 valence electrons. The molecule has 2 aliphatic rings. The standard InChI is InChI=1S/C22H36N2O2/c1-18(2)14-22(25)21-6-8-23(9-7-21)16-19-4-3-5-20(15-19)17-24-10-12-26-13-11-24/h3-5,15,18,21-22,25H,6-14,16-17H2,1-2H3/t22-/m0/s1. The summed E-state index contributed by atoms with van der Waals surface area (Å²) in [5, 5.41) is 10.4. The molecule has 4 nitrogen and oxygen atoms in total. The molecule has 2 saturated heterocycles. The van der Waals surface area contributed by atoms with Crippen LogP contribution in [0.5, 0.6) is 0 Å². The number of aliphatic hydroxyl groups is 1. The van der Waals surface area contributed by atoms with Gasteiger partial charge in [-0.25, -0.2) is 0 Å². The van der Waals surface area contributed by atoms with Crippen LogP contribution in [0.2, 0.25) is 0 Å². The van der Waals surface area contributed by atoms with Gasteiger partial charge in [-0.15, -0.1) is 0 Å². The zero-order chi connectivity index (χ0) is 18.4. The lowest BCUT2D eigenvalue weighted by molar-refractivity contribution is 0.0341. The predicted octanol–water partition coefficient (Wildman–Crippen LogP) is 3.14. The fraction of sp³-hybridized carbons (Fsp3) is 0.727. The number of hydrogen-bond donors (Lipinski definition) is 1. The lowest BCUT2D eigenvalue weighted by Crippen LogP contribution is -2.37. The molecule has 26 heavy (non-hydrogen) atoms. The van der Waals surface area contributed by atoms with Gasteiger partial charge in [0.2, 0.25) is 0 Å². The number of rotatable bonds is 7. The zero-order valence-electron chi connectivity index (χ0n) is 16.6. The number of ether oxygens (including phenoxy) is 1. The van der Waals surface area contributed by atoms with Crippen LogP contribution in [0.4, 0.5) is 0 Å². The Balaban J connectivity index is 1.46. The minimum absolute atomic E-state index is 0.117. The molecular formula is C22H36N2O2. The van der Waals surface area contributed by atoms with Gasteiger partial charge >= 0.3 is 0 Å². The predicted molar refractivity (Wildman–Crippen MR) is 106 cm³/mol. The second kappa shape index (κ2) is 9.84. The van der Waals surface area contributed by atoms with Gasteiger partial charge in [-0.05, 0) is 55.3 Å². The summed E-state index contributed by atoms with van der Waals surface area (Å²) in [5.74, 6) is 1.07. The van der Waals surface area contributed by atoms with Gasteiger partial charge < -0.3 is 9.84 Å². The van der Waals surface area contributed by atoms with Crippen LogP contribution in [-0.4, -0.2) is 60.4 Å². The molecule has 0 saturated carbocycles. The highest BCUT2D eigenvalue weighted by Crippen LogP contribution is 2.25. The highest BCUT2D eigenvalue weighted by atomic mass is 16.5. The molecule has 2 heterocycles. The highest BCUT2D eigenvalue weighted by molar-refractivity contribution is 5.23. The van der Waals surface area contributed by atoms with E-state index < -0.39 is 0 Å². The van der Waals surface area contributed by atoms with E-state index in [0.29, 0.717) is 11.8 Å². The Hall–Kier alpha value is -0.940. The van der Waals surface area contributed by atoms with Crippen molar-refractivity contribution in [1.82, 2.24) is 9.80 Å². The van der Waals surface area contributed by atoms with Gasteiger partial charge in [0, 0.05) is 26.2 Å². The Bertz CT molecular complexity index is 535. The maximum absolute atomic E-state index is 10.4. The third kappa shape index (κ3) is 6.05. The van der Waals surface area contributed by atoms with Crippen LogP contribution in [0.25, 0.3) is 0 Å². The summed E-state index contributed by atoms with van der Waals surface area (Å²) >= 11 is 0. The van der Waals surface area contributed by atoms with Crippen LogP contribution in [0.3, 0.4) is 0 Å². The zero-order valence-corrected chi connectivity index (χ0v) is 16.6. The number of likely N-dealkylation sites (tertiary alicyclic amines) is 1. The lowest BCUT2D eigenvalue weighted by Gasteiger charge is -2.34. The fourth-order valence-corrected chi connectivity index (χ4v) is 4.27. The quantitative estimate of drug-likeness (QED) is 0.810. The van der Waals surface area contributed by atoms with E-state index in [0.717, 1.165) is 71.7 Å². The molecule has 1 aromatic rings. The van der Waals surface area contributed by atoms with Crippen molar-refractivity contribution < 1.29 is 9.84 Å². The number of aliphatic hydroxyl groups excluding tert-OH is 1. The molecule has 0 unspecified atom stereocenters. The molecule has 1 aromatic carbocycles. The number of benzene rings is 1. The Morgan fingerprint density at radius 3 is 2.15 bits per heavy atom. The van der Waals surface area contributed by atoms with Crippen molar-refractivity contribution in [3.8, 4) is 0 Å². The highest BCUT2D eigenvalue weighted by Gasteiger charge is 2.25. The summed E-state index contributed by atoms with van der Waals surface area (Å²) in [7, 11) is 0. The summed E-state index contributed by atoms with van der Waals surface area (Å²) in [6, 6.07) is 9.06. The van der Waals surface area contributed by atoms with Crippen molar-refractivity contribution in [2.45, 2.75) is 52.3 Å². The molecule has 0 radical (unpaired) electrons. The van der Waals surface area contributed by atoms with Gasteiger partial charge in [0.25, 0.3) is 0 Å². The third-order valence-corrected chi connectivity index (χ3v) is 5.80. The van der Waals surface area contributed by atoms with E-state index in [1.54, 1.807) is 0 Å². The van der Waals surface area contributed by atoms with Gasteiger partial charge in [0.05, 0.1) is 19.3 Å². The first-order chi connectivity index (χ1) is 12.6. The van der Waals surface area contributed by atoms with E-state index >= 15 is 0 Å². The Morgan fingerprint density at radius 2 is 1.58 bits per heavy atom. The van der Waals surface area contributed by atoms with Crippen molar-refractivity contribution in [2.75, 3.05) is 39.4 Å². The normalized spacial score (nSPS) is 22.0. The van der Waals surface area contributed by atoms with Crippen LogP contribution in [-0.2, 0) is 17.8 Å². The molecule has 2 fully saturated rings. The Labute approximate surface area is 159 Å². The molecule has 0 aliphatic carbocycles. The summed E-state index contributed by atoms with van der Waals surface area (Å²) in [6.07, 6.45) is 3.07. The smallest absolute Gasteiger partial charge is 0.0594 e. The third-order valence-electron chi connectivity index (χ3n) is 5.80. The second-order valence-electron chi connectivity index (χ2n) is 8.52. The maximum Gasteiger partial charge on any atom is 0.0594 e. The fourth-order valence-electron chi connectivity index (χ4n) is 4.27. The average molecular weight is 361 g/mol. The summed E-state index contributed by atoms with van der Waals surface area (Å²) < 4.78 is 5.44. The van der Waals surface area contributed by atoms with Crippen molar-refractivity contribution in [1.29, 1.82) is 0 Å². The molecule has 3 rings (SSSR count). The summed E-state index contributed by atoms with van der Waals surface area (Å²) in [6.45, 7) is 12.5. The van der Waals surface area contributed by atoms with E-state index in [9.17, 15) is 5.11 Å². The summed E-state index contributed by atoms with van der Waals surface area (Å²) in [5.41, 5.74) is 2.82. The molecule has 0 aromatic heterocycles. The number of piperidine rings is 1. The van der Waals surface area contributed by atoms with Crippen molar-refractivity contribution in [2.24, 2.45) is 11.8 Å². The van der Waals surface area contributed by atoms with Gasteiger partial charge in [0.15, 0.2) is 0 Å². The molecule has 1 atom stereocenters. The van der Waals surface area contributed by atoms with Crippen LogP contribution in [0.1, 0.15) is 44.2 Å². The van der Waals surface area contributed by atoms with E-state index in [4.69, 9.17) is 4.74 Å². The number of nitrogens with zero attached hydrogens (tertiary/aromatic N) is 2. The van der Waals surface area contributed by atoms with Crippen molar-refractivity contribution in [3.05, 3.63) is 35.4 Å². The molecule has 0 spiro atoms. The Morgan fingerprint density at radius 1 is 1.00 bits per heavy atom. The molecule has 2 aliphatic heterocycles. The first-order valence-electron chi connectivity index (χ1n) is 10.4. The average Bonchev–Trinajstić information content (AvgIpc) is 2.63. The van der Waals surface area contributed by atoms with E-state index in [1.165, 1.54) is 11.1 Å². The topological polar surface area (TPSA) is 35.9 Å². The monoisotopic (exact) mass is 360 g/mol. The van der Waals surface area contributed by atoms with Crippen LogP contribution in [0, 0.1) is 11.8 Å². The van der Waals surface area contributed by atoms with Gasteiger partial charge in [0.1, 0.15) is 0 Å². The second-order valence-corrected chi connectivity index (χ2v) is 8.52. The van der Waals surface area contributed by atoms with Gasteiger partial charge in [-0.1, -0.05) is 38.1 Å². The largest absolute Gasteiger partial charge is 0.393 e. The Kier molecular flexibility index (Phi) is 7.50. The van der Waals surface area contributed by atoms with Gasteiger partial charge in [-0.3, -0.25) is 9.80 Å². The molecular weight excluding hydrogens is 324 g/mol.